The van der Waals surface area contributed by atoms with Crippen LogP contribution in [0.1, 0.15) is 32.3 Å². The minimum Gasteiger partial charge on any atom is -0.494 e. The monoisotopic (exact) mass is 375 g/mol. The van der Waals surface area contributed by atoms with Crippen LogP contribution in [-0.4, -0.2) is 49.3 Å². The van der Waals surface area contributed by atoms with Crippen LogP contribution in [0.3, 0.4) is 0 Å². The first-order valence-corrected chi connectivity index (χ1v) is 8.36. The molecule has 1 aromatic rings. The summed E-state index contributed by atoms with van der Waals surface area (Å²) in [6.07, 6.45) is -3.86. The average molecular weight is 375 g/mol. The van der Waals surface area contributed by atoms with E-state index in [1.807, 2.05) is 0 Å². The van der Waals surface area contributed by atoms with E-state index in [9.17, 15) is 22.8 Å². The van der Waals surface area contributed by atoms with Crippen LogP contribution in [0.2, 0.25) is 0 Å². The van der Waals surface area contributed by atoms with Gasteiger partial charge >= 0.3 is 18.1 Å². The van der Waals surface area contributed by atoms with Gasteiger partial charge in [-0.1, -0.05) is 12.1 Å². The van der Waals surface area contributed by atoms with Gasteiger partial charge in [-0.3, -0.25) is 9.59 Å². The van der Waals surface area contributed by atoms with E-state index in [1.165, 1.54) is 0 Å². The Morgan fingerprint density at radius 3 is 2.58 bits per heavy atom. The van der Waals surface area contributed by atoms with Crippen LogP contribution in [0, 0.1) is 0 Å². The van der Waals surface area contributed by atoms with E-state index in [4.69, 9.17) is 9.47 Å². The largest absolute Gasteiger partial charge is 0.494 e. The molecule has 1 aromatic carbocycles. The molecule has 5 nitrogen and oxygen atoms in total. The molecule has 0 aliphatic heterocycles. The Kier molecular flexibility index (Phi) is 8.41. The first kappa shape index (κ1) is 21.8. The molecule has 0 radical (unpaired) electrons. The molecule has 0 heterocycles. The highest BCUT2D eigenvalue weighted by molar-refractivity contribution is 5.81. The molecule has 1 atom stereocenters. The summed E-state index contributed by atoms with van der Waals surface area (Å²) in [6, 6.07) is 6.31. The molecule has 0 bridgehead atoms. The van der Waals surface area contributed by atoms with E-state index < -0.39 is 18.1 Å². The van der Waals surface area contributed by atoms with E-state index in [1.54, 1.807) is 38.1 Å². The zero-order chi connectivity index (χ0) is 19.7. The smallest absolute Gasteiger partial charge is 0.471 e. The van der Waals surface area contributed by atoms with Gasteiger partial charge in [-0.25, -0.2) is 0 Å². The second-order valence-corrected chi connectivity index (χ2v) is 5.87. The lowest BCUT2D eigenvalue weighted by molar-refractivity contribution is -0.185. The number of hydrogen-bond acceptors (Lipinski definition) is 4. The molecular weight excluding hydrogens is 351 g/mol. The number of hydrogen-bond donors (Lipinski definition) is 0. The molecule has 8 heteroatoms. The Morgan fingerprint density at radius 2 is 1.96 bits per heavy atom. The third kappa shape index (κ3) is 7.33. The fourth-order valence-electron chi connectivity index (χ4n) is 2.28. The molecule has 1 amide bonds. The van der Waals surface area contributed by atoms with Crippen LogP contribution in [0.5, 0.6) is 5.75 Å². The van der Waals surface area contributed by atoms with E-state index in [0.717, 1.165) is 12.6 Å². The van der Waals surface area contributed by atoms with Crippen molar-refractivity contribution < 1.29 is 32.2 Å². The van der Waals surface area contributed by atoms with Gasteiger partial charge in [0, 0.05) is 19.5 Å². The highest BCUT2D eigenvalue weighted by Crippen LogP contribution is 2.21. The highest BCUT2D eigenvalue weighted by atomic mass is 19.4. The predicted molar refractivity (Wildman–Crippen MR) is 89.8 cm³/mol. The number of benzene rings is 1. The Hall–Kier alpha value is -2.25. The third-order valence-corrected chi connectivity index (χ3v) is 3.75. The Balaban J connectivity index is 2.53. The molecule has 0 unspecified atom stereocenters. The summed E-state index contributed by atoms with van der Waals surface area (Å²) >= 11 is 0. The number of ether oxygens (including phenoxy) is 2. The third-order valence-electron chi connectivity index (χ3n) is 3.75. The molecule has 0 fully saturated rings. The van der Waals surface area contributed by atoms with Crippen molar-refractivity contribution in [1.29, 1.82) is 0 Å². The topological polar surface area (TPSA) is 55.8 Å². The number of nitrogens with zero attached hydrogens (tertiary/aromatic N) is 1. The summed E-state index contributed by atoms with van der Waals surface area (Å²) in [5.74, 6) is -1.59. The number of likely N-dealkylation sites (N-methyl/N-ethyl adjacent to an activating group) is 1. The van der Waals surface area contributed by atoms with Gasteiger partial charge in [-0.15, -0.1) is 0 Å². The maximum absolute atomic E-state index is 12.5. The molecule has 26 heavy (non-hydrogen) atoms. The molecule has 0 aliphatic carbocycles. The maximum Gasteiger partial charge on any atom is 0.471 e. The summed E-state index contributed by atoms with van der Waals surface area (Å²) in [6.45, 7) is 3.95. The highest BCUT2D eigenvalue weighted by Gasteiger charge is 2.42. The number of carbonyl (C=O) groups excluding carboxylic acids is 2. The van der Waals surface area contributed by atoms with Crippen molar-refractivity contribution in [2.75, 3.05) is 20.3 Å². The Labute approximate surface area is 151 Å². The van der Waals surface area contributed by atoms with E-state index in [-0.39, 0.29) is 18.8 Å². The second kappa shape index (κ2) is 10.0. The first-order valence-electron chi connectivity index (χ1n) is 8.36. The van der Waals surface area contributed by atoms with Crippen molar-refractivity contribution in [1.82, 2.24) is 4.90 Å². The number of halogens is 3. The first-order chi connectivity index (χ1) is 12.1. The molecule has 1 rings (SSSR count). The van der Waals surface area contributed by atoms with Crippen molar-refractivity contribution in [3.05, 3.63) is 29.8 Å². The summed E-state index contributed by atoms with van der Waals surface area (Å²) < 4.78 is 47.9. The number of rotatable bonds is 9. The molecule has 0 aromatic heterocycles. The number of carbonyl (C=O) groups is 2. The Morgan fingerprint density at radius 1 is 1.27 bits per heavy atom. The lowest BCUT2D eigenvalue weighted by Gasteiger charge is -2.26. The summed E-state index contributed by atoms with van der Waals surface area (Å²) in [5.41, 5.74) is 0.752. The summed E-state index contributed by atoms with van der Waals surface area (Å²) in [5, 5.41) is 0. The fraction of sp³-hybridized carbons (Fsp3) is 0.556. The lowest BCUT2D eigenvalue weighted by atomic mass is 10.1. The van der Waals surface area contributed by atoms with Gasteiger partial charge < -0.3 is 14.4 Å². The van der Waals surface area contributed by atoms with Crippen LogP contribution in [0.15, 0.2) is 24.3 Å². The summed E-state index contributed by atoms with van der Waals surface area (Å²) in [7, 11) is 1.14. The molecule has 146 valence electrons. The molecule has 0 saturated carbocycles. The van der Waals surface area contributed by atoms with Gasteiger partial charge in [0.25, 0.3) is 0 Å². The lowest BCUT2D eigenvalue weighted by Crippen LogP contribution is -2.44. The van der Waals surface area contributed by atoms with Gasteiger partial charge in [0.1, 0.15) is 5.75 Å². The minimum atomic E-state index is -4.88. The summed E-state index contributed by atoms with van der Waals surface area (Å²) in [4.78, 5) is 23.2. The molecule has 0 spiro atoms. The van der Waals surface area contributed by atoms with Gasteiger partial charge in [0.15, 0.2) is 0 Å². The Bertz CT molecular complexity index is 604. The quantitative estimate of drug-likeness (QED) is 0.491. The number of amides is 1. The normalized spacial score (nSPS) is 12.4. The van der Waals surface area contributed by atoms with Gasteiger partial charge in [-0.2, -0.15) is 13.2 Å². The maximum atomic E-state index is 12.5. The second-order valence-electron chi connectivity index (χ2n) is 5.87. The number of esters is 1. The van der Waals surface area contributed by atoms with E-state index >= 15 is 0 Å². The van der Waals surface area contributed by atoms with Crippen molar-refractivity contribution in [2.45, 2.75) is 45.3 Å². The van der Waals surface area contributed by atoms with Crippen molar-refractivity contribution in [3.8, 4) is 5.75 Å². The van der Waals surface area contributed by atoms with Crippen LogP contribution < -0.4 is 4.74 Å². The van der Waals surface area contributed by atoms with Crippen molar-refractivity contribution in [3.63, 3.8) is 0 Å². The standard InChI is InChI=1S/C18H24F3NO4/c1-4-25-16(23)9-6-10-26-15-8-5-7-14(12-15)11-13(2)22(3)17(24)18(19,20)21/h5,7-8,12-13H,4,6,9-11H2,1-3H3/t13-/m0/s1. The molecular formula is C18H24F3NO4. The van der Waals surface area contributed by atoms with E-state index in [2.05, 4.69) is 0 Å². The van der Waals surface area contributed by atoms with Crippen LogP contribution in [-0.2, 0) is 20.7 Å². The van der Waals surface area contributed by atoms with Crippen LogP contribution in [0.4, 0.5) is 13.2 Å². The van der Waals surface area contributed by atoms with E-state index in [0.29, 0.717) is 30.3 Å². The minimum absolute atomic E-state index is 0.259. The van der Waals surface area contributed by atoms with Crippen molar-refractivity contribution in [2.24, 2.45) is 0 Å². The zero-order valence-corrected chi connectivity index (χ0v) is 15.1. The van der Waals surface area contributed by atoms with Gasteiger partial charge in [0.05, 0.1) is 13.2 Å². The van der Waals surface area contributed by atoms with Crippen molar-refractivity contribution >= 4 is 11.9 Å². The van der Waals surface area contributed by atoms with Gasteiger partial charge in [-0.05, 0) is 44.4 Å². The fourth-order valence-corrected chi connectivity index (χ4v) is 2.28. The van der Waals surface area contributed by atoms with Gasteiger partial charge in [0.2, 0.25) is 0 Å². The zero-order valence-electron chi connectivity index (χ0n) is 15.1. The molecule has 0 aliphatic rings. The average Bonchev–Trinajstić information content (AvgIpc) is 2.57. The predicted octanol–water partition coefficient (Wildman–Crippen LogP) is 3.36. The number of alkyl halides is 3. The molecule has 0 N–H and O–H groups in total. The van der Waals surface area contributed by atoms with Crippen LogP contribution in [0.25, 0.3) is 0 Å². The van der Waals surface area contributed by atoms with Crippen LogP contribution >= 0.6 is 0 Å². The molecule has 0 saturated heterocycles. The SMILES string of the molecule is CCOC(=O)CCCOc1cccc(C[C@H](C)N(C)C(=O)C(F)(F)F)c1.